The van der Waals surface area contributed by atoms with Crippen LogP contribution in [0, 0.1) is 5.92 Å². The molecule has 0 atom stereocenters. The van der Waals surface area contributed by atoms with Gasteiger partial charge in [-0.2, -0.15) is 4.98 Å². The number of pyridine rings is 1. The maximum Gasteiger partial charge on any atom is 0.337 e. The number of imidazole rings is 1. The summed E-state index contributed by atoms with van der Waals surface area (Å²) in [5, 5.41) is 18.7. The maximum absolute atomic E-state index is 11.4. The van der Waals surface area contributed by atoms with Crippen molar-refractivity contribution in [1.82, 2.24) is 19.9 Å². The number of carbonyl (C=O) groups is 1. The fraction of sp³-hybridized carbons (Fsp3) is 0.219. The number of H-pyrrole nitrogens is 1. The molecule has 0 unspecified atom stereocenters. The highest BCUT2D eigenvalue weighted by atomic mass is 35.5. The van der Waals surface area contributed by atoms with Crippen LogP contribution in [0.25, 0.3) is 33.5 Å². The molecule has 1 fully saturated rings. The second-order valence-electron chi connectivity index (χ2n) is 10.4. The number of ether oxygens (including phenoxy) is 2. The standard InChI is InChI=1S/C32H28Cl2N4O5/c33-26-10-9-24(13-25(26)31(40)41)43-32-35-28-14-27(34)29(36-30(28)37-32)23-7-5-22(6-8-23)21-3-1-19(2-4-21)15-38-16-20(17-38)18-42-12-11-39/h1-10,13-14,20,39H,11-12,15-18H2,(H,40,41)(H,35,36,37). The summed E-state index contributed by atoms with van der Waals surface area (Å²) in [5.74, 6) is -0.343. The third-order valence-corrected chi connectivity index (χ3v) is 7.88. The third-order valence-electron chi connectivity index (χ3n) is 7.26. The Kier molecular flexibility index (Phi) is 8.60. The topological polar surface area (TPSA) is 121 Å². The minimum absolute atomic E-state index is 0.0690. The van der Waals surface area contributed by atoms with E-state index in [9.17, 15) is 9.90 Å². The van der Waals surface area contributed by atoms with Crippen LogP contribution in [-0.4, -0.2) is 68.9 Å². The minimum Gasteiger partial charge on any atom is -0.478 e. The largest absolute Gasteiger partial charge is 0.478 e. The van der Waals surface area contributed by atoms with Gasteiger partial charge >= 0.3 is 12.0 Å². The Bertz CT molecular complexity index is 1750. The van der Waals surface area contributed by atoms with Crippen molar-refractivity contribution in [3.63, 3.8) is 0 Å². The lowest BCUT2D eigenvalue weighted by Gasteiger charge is -2.39. The number of rotatable bonds is 11. The molecule has 0 amide bonds. The van der Waals surface area contributed by atoms with Gasteiger partial charge in [0.1, 0.15) is 5.75 Å². The molecule has 0 radical (unpaired) electrons. The highest BCUT2D eigenvalue weighted by molar-refractivity contribution is 6.34. The second-order valence-corrected chi connectivity index (χ2v) is 11.2. The van der Waals surface area contributed by atoms with Crippen LogP contribution >= 0.6 is 23.2 Å². The van der Waals surface area contributed by atoms with Crippen LogP contribution < -0.4 is 4.74 Å². The quantitative estimate of drug-likeness (QED) is 0.143. The van der Waals surface area contributed by atoms with Crippen LogP contribution in [0.15, 0.2) is 72.8 Å². The van der Waals surface area contributed by atoms with Gasteiger partial charge in [0.05, 0.1) is 46.6 Å². The van der Waals surface area contributed by atoms with Crippen molar-refractivity contribution in [3.8, 4) is 34.1 Å². The normalized spacial score (nSPS) is 13.7. The smallest absolute Gasteiger partial charge is 0.337 e. The Hall–Kier alpha value is -3.99. The average molecular weight is 620 g/mol. The first-order valence-corrected chi connectivity index (χ1v) is 14.5. The number of carboxylic acids is 1. The van der Waals surface area contributed by atoms with Gasteiger partial charge in [-0.25, -0.2) is 9.78 Å². The number of fused-ring (bicyclic) bond motifs is 1. The summed E-state index contributed by atoms with van der Waals surface area (Å²) >= 11 is 12.6. The molecule has 5 aromatic rings. The predicted octanol–water partition coefficient (Wildman–Crippen LogP) is 6.53. The van der Waals surface area contributed by atoms with Crippen molar-refractivity contribution in [2.24, 2.45) is 5.92 Å². The zero-order valence-corrected chi connectivity index (χ0v) is 24.5. The number of halogens is 2. The number of aliphatic hydroxyl groups excluding tert-OH is 1. The number of carboxylic acid groups (broad SMARTS) is 1. The minimum atomic E-state index is -1.15. The van der Waals surface area contributed by atoms with E-state index in [0.29, 0.717) is 41.0 Å². The van der Waals surface area contributed by atoms with Crippen LogP contribution in [0.3, 0.4) is 0 Å². The number of aromatic nitrogens is 3. The van der Waals surface area contributed by atoms with E-state index in [-0.39, 0.29) is 29.0 Å². The van der Waals surface area contributed by atoms with Gasteiger partial charge in [0.25, 0.3) is 0 Å². The van der Waals surface area contributed by atoms with Crippen molar-refractivity contribution in [2.45, 2.75) is 6.54 Å². The van der Waals surface area contributed by atoms with Gasteiger partial charge in [-0.1, -0.05) is 71.7 Å². The highest BCUT2D eigenvalue weighted by Crippen LogP contribution is 2.32. The number of benzene rings is 3. The van der Waals surface area contributed by atoms with Crippen molar-refractivity contribution in [1.29, 1.82) is 0 Å². The van der Waals surface area contributed by atoms with Crippen LogP contribution in [-0.2, 0) is 11.3 Å². The van der Waals surface area contributed by atoms with Crippen molar-refractivity contribution in [2.75, 3.05) is 32.9 Å². The number of aromatic carboxylic acids is 1. The summed E-state index contributed by atoms with van der Waals surface area (Å²) in [7, 11) is 0. The molecule has 0 spiro atoms. The maximum atomic E-state index is 11.4. The molecular formula is C32H28Cl2N4O5. The first kappa shape index (κ1) is 29.1. The molecule has 0 saturated carbocycles. The Balaban J connectivity index is 1.11. The molecular weight excluding hydrogens is 591 g/mol. The van der Waals surface area contributed by atoms with E-state index in [1.54, 1.807) is 12.1 Å². The van der Waals surface area contributed by atoms with E-state index in [1.807, 2.05) is 24.3 Å². The van der Waals surface area contributed by atoms with Crippen LogP contribution in [0.2, 0.25) is 10.0 Å². The lowest BCUT2D eigenvalue weighted by molar-refractivity contribution is 0.000500. The second kappa shape index (κ2) is 12.7. The summed E-state index contributed by atoms with van der Waals surface area (Å²) < 4.78 is 11.2. The molecule has 3 heterocycles. The molecule has 11 heteroatoms. The summed E-state index contributed by atoms with van der Waals surface area (Å²) in [6.45, 7) is 4.12. The van der Waals surface area contributed by atoms with Crippen molar-refractivity contribution in [3.05, 3.63) is 94.0 Å². The van der Waals surface area contributed by atoms with Gasteiger partial charge in [0.15, 0.2) is 5.65 Å². The number of hydrogen-bond acceptors (Lipinski definition) is 7. The zero-order chi connectivity index (χ0) is 29.9. The van der Waals surface area contributed by atoms with E-state index < -0.39 is 5.97 Å². The summed E-state index contributed by atoms with van der Waals surface area (Å²) in [6.07, 6.45) is 0. The molecule has 43 heavy (non-hydrogen) atoms. The van der Waals surface area contributed by atoms with Gasteiger partial charge in [-0.05, 0) is 41.0 Å². The molecule has 6 rings (SSSR count). The molecule has 1 aliphatic rings. The van der Waals surface area contributed by atoms with Crippen LogP contribution in [0.1, 0.15) is 15.9 Å². The van der Waals surface area contributed by atoms with Crippen LogP contribution in [0.4, 0.5) is 0 Å². The number of hydrogen-bond donors (Lipinski definition) is 3. The van der Waals surface area contributed by atoms with Gasteiger partial charge in [0, 0.05) is 31.1 Å². The number of aliphatic hydroxyl groups is 1. The Labute approximate surface area is 257 Å². The van der Waals surface area contributed by atoms with E-state index in [2.05, 4.69) is 44.1 Å². The van der Waals surface area contributed by atoms with Crippen LogP contribution in [0.5, 0.6) is 11.8 Å². The van der Waals surface area contributed by atoms with Crippen molar-refractivity contribution < 1.29 is 24.5 Å². The number of aromatic amines is 1. The molecule has 220 valence electrons. The van der Waals surface area contributed by atoms with E-state index >= 15 is 0 Å². The number of likely N-dealkylation sites (tertiary alicyclic amines) is 1. The lowest BCUT2D eigenvalue weighted by atomic mass is 9.98. The fourth-order valence-corrected chi connectivity index (χ4v) is 5.56. The number of nitrogens with zero attached hydrogens (tertiary/aromatic N) is 3. The zero-order valence-electron chi connectivity index (χ0n) is 23.0. The predicted molar refractivity (Wildman–Crippen MR) is 165 cm³/mol. The fourth-order valence-electron chi connectivity index (χ4n) is 5.10. The molecule has 3 N–H and O–H groups in total. The molecule has 0 aliphatic carbocycles. The first-order valence-electron chi connectivity index (χ1n) is 13.7. The average Bonchev–Trinajstić information content (AvgIpc) is 3.37. The monoisotopic (exact) mass is 618 g/mol. The molecule has 3 aromatic carbocycles. The number of nitrogens with one attached hydrogen (secondary N) is 1. The molecule has 9 nitrogen and oxygen atoms in total. The van der Waals surface area contributed by atoms with Gasteiger partial charge in [-0.3, -0.25) is 4.90 Å². The Morgan fingerprint density at radius 2 is 1.63 bits per heavy atom. The van der Waals surface area contributed by atoms with E-state index in [0.717, 1.165) is 36.3 Å². The Morgan fingerprint density at radius 1 is 0.930 bits per heavy atom. The van der Waals surface area contributed by atoms with E-state index in [4.69, 9.17) is 37.8 Å². The van der Waals surface area contributed by atoms with Gasteiger partial charge in [-0.15, -0.1) is 0 Å². The first-order chi connectivity index (χ1) is 20.9. The Morgan fingerprint density at radius 3 is 2.33 bits per heavy atom. The SMILES string of the molecule is O=C(O)c1cc(Oc2nc3nc(-c4ccc(-c5ccc(CN6CC(COCCO)C6)cc5)cc4)c(Cl)cc3[nH]2)ccc1Cl. The lowest BCUT2D eigenvalue weighted by Crippen LogP contribution is -2.48. The molecule has 1 saturated heterocycles. The highest BCUT2D eigenvalue weighted by Gasteiger charge is 2.26. The van der Waals surface area contributed by atoms with E-state index in [1.165, 1.54) is 17.7 Å². The summed E-state index contributed by atoms with van der Waals surface area (Å²) in [5.41, 5.74) is 5.81. The molecule has 1 aliphatic heterocycles. The van der Waals surface area contributed by atoms with Gasteiger partial charge in [0.2, 0.25) is 0 Å². The molecule has 2 aromatic heterocycles. The van der Waals surface area contributed by atoms with Gasteiger partial charge < -0.3 is 24.7 Å². The summed E-state index contributed by atoms with van der Waals surface area (Å²) in [4.78, 5) is 25.9. The summed E-state index contributed by atoms with van der Waals surface area (Å²) in [6, 6.07) is 22.9. The third kappa shape index (κ3) is 6.66. The molecule has 0 bridgehead atoms. The van der Waals surface area contributed by atoms with Crippen molar-refractivity contribution >= 4 is 40.3 Å².